The van der Waals surface area contributed by atoms with E-state index in [9.17, 15) is 26.3 Å². The van der Waals surface area contributed by atoms with Gasteiger partial charge in [0, 0.05) is 49.4 Å². The predicted molar refractivity (Wildman–Crippen MR) is 66.6 cm³/mol. The molecule has 0 bridgehead atoms. The van der Waals surface area contributed by atoms with E-state index in [1.165, 1.54) is 0 Å². The fourth-order valence-electron chi connectivity index (χ4n) is 0.707. The number of hydrogen-bond donors (Lipinski definition) is 1. The van der Waals surface area contributed by atoms with Crippen molar-refractivity contribution in [1.29, 1.82) is 0 Å². The van der Waals surface area contributed by atoms with E-state index < -0.39 is 30.0 Å². The smallest absolute Gasteiger partial charge is 0.504 e. The molecular formula is C11H19EuF6O5+3. The molecule has 0 spiro atoms. The first-order valence-electron chi connectivity index (χ1n) is 5.76. The maximum absolute atomic E-state index is 11.4. The standard InChI is InChI=1S/C6H14O3.C5H2F6O2.Eu/c1-7-3-5-9-6-4-8-2;6-4(7,8)2(12)1-3(13)5(9,10)11;/h3-6H2,1-2H3;1,12H;/p+3. The predicted octanol–water partition coefficient (Wildman–Crippen LogP) is 1.42. The van der Waals surface area contributed by atoms with Crippen LogP contribution in [0.3, 0.4) is 0 Å². The van der Waals surface area contributed by atoms with E-state index in [4.69, 9.17) is 14.6 Å². The summed E-state index contributed by atoms with van der Waals surface area (Å²) in [4.78, 5) is 7.97. The fourth-order valence-corrected chi connectivity index (χ4v) is 0.707. The maximum Gasteiger partial charge on any atom is 0.509 e. The molecule has 0 saturated carbocycles. The van der Waals surface area contributed by atoms with Crippen molar-refractivity contribution in [1.82, 2.24) is 0 Å². The number of allylic oxidation sites excluding steroid dienone is 2. The van der Waals surface area contributed by atoms with Crippen LogP contribution in [0.4, 0.5) is 26.3 Å². The second-order valence-corrected chi connectivity index (χ2v) is 3.60. The zero-order valence-corrected chi connectivity index (χ0v) is 14.7. The molecular weight excluding hydrogens is 478 g/mol. The fraction of sp³-hybridized carbons (Fsp3) is 0.727. The van der Waals surface area contributed by atoms with Crippen LogP contribution >= 0.6 is 0 Å². The third kappa shape index (κ3) is 18.4. The van der Waals surface area contributed by atoms with Gasteiger partial charge in [0.1, 0.15) is 27.4 Å². The molecule has 139 valence electrons. The van der Waals surface area contributed by atoms with Crippen LogP contribution in [0.1, 0.15) is 0 Å². The van der Waals surface area contributed by atoms with Gasteiger partial charge in [0.2, 0.25) is 5.76 Å². The second kappa shape index (κ2) is 14.6. The van der Waals surface area contributed by atoms with Crippen molar-refractivity contribution in [3.63, 3.8) is 0 Å². The summed E-state index contributed by atoms with van der Waals surface area (Å²) in [5.74, 6) is -5.02. The van der Waals surface area contributed by atoms with Gasteiger partial charge in [0.25, 0.3) is 0 Å². The summed E-state index contributed by atoms with van der Waals surface area (Å²) in [6.45, 7) is 3.05. The molecule has 1 radical (unpaired) electrons. The third-order valence-electron chi connectivity index (χ3n) is 1.77. The first-order chi connectivity index (χ1) is 9.96. The number of ketones is 1. The van der Waals surface area contributed by atoms with Crippen LogP contribution in [0.25, 0.3) is 0 Å². The Morgan fingerprint density at radius 1 is 1.00 bits per heavy atom. The number of hydrogen-bond acceptors (Lipinski definition) is 2. The van der Waals surface area contributed by atoms with Gasteiger partial charge < -0.3 is 19.3 Å². The summed E-state index contributed by atoms with van der Waals surface area (Å²) in [7, 11) is 3.57. The van der Waals surface area contributed by atoms with Crippen molar-refractivity contribution in [2.75, 3.05) is 40.6 Å². The van der Waals surface area contributed by atoms with Gasteiger partial charge in [0.15, 0.2) is 13.2 Å². The van der Waals surface area contributed by atoms with Crippen molar-refractivity contribution in [3.8, 4) is 0 Å². The molecule has 0 saturated heterocycles. The van der Waals surface area contributed by atoms with E-state index in [0.717, 1.165) is 26.4 Å². The summed E-state index contributed by atoms with van der Waals surface area (Å²) in [5, 5.41) is 7.97. The van der Waals surface area contributed by atoms with E-state index in [-0.39, 0.29) is 49.4 Å². The minimum Gasteiger partial charge on any atom is -0.504 e. The topological polar surface area (TPSA) is 76.5 Å². The monoisotopic (exact) mass is 498 g/mol. The molecule has 0 heterocycles. The molecule has 0 aliphatic carbocycles. The molecule has 0 aromatic carbocycles. The molecule has 0 aliphatic rings. The van der Waals surface area contributed by atoms with Gasteiger partial charge in [-0.25, -0.2) is 0 Å². The van der Waals surface area contributed by atoms with Gasteiger partial charge in [0.05, 0.1) is 6.08 Å². The number of aliphatic hydroxyl groups is 5. The van der Waals surface area contributed by atoms with E-state index in [1.54, 1.807) is 14.2 Å². The molecule has 0 aromatic rings. The number of rotatable bonds is 7. The van der Waals surface area contributed by atoms with Crippen molar-refractivity contribution in [2.24, 2.45) is 0 Å². The van der Waals surface area contributed by atoms with E-state index in [1.807, 2.05) is 0 Å². The summed E-state index contributed by atoms with van der Waals surface area (Å²) in [5.41, 5.74) is 0. The molecule has 23 heavy (non-hydrogen) atoms. The van der Waals surface area contributed by atoms with E-state index in [2.05, 4.69) is 9.47 Å². The number of alkyl halides is 6. The van der Waals surface area contributed by atoms with Crippen LogP contribution in [0.5, 0.6) is 0 Å². The Balaban J connectivity index is -0.000000354. The minimum absolute atomic E-state index is 0. The quantitative estimate of drug-likeness (QED) is 0.190. The Hall–Kier alpha value is 0.254. The van der Waals surface area contributed by atoms with Crippen LogP contribution in [0.15, 0.2) is 11.8 Å². The number of halogens is 6. The van der Waals surface area contributed by atoms with Crippen LogP contribution in [0, 0.1) is 49.4 Å². The Bertz CT molecular complexity index is 337. The molecule has 12 heteroatoms. The Kier molecular flexibility index (Phi) is 17.8. The zero-order chi connectivity index (χ0) is 17.8. The van der Waals surface area contributed by atoms with Crippen molar-refractivity contribution in [3.05, 3.63) is 11.8 Å². The van der Waals surface area contributed by atoms with Gasteiger partial charge >= 0.3 is 18.1 Å². The van der Waals surface area contributed by atoms with E-state index in [0.29, 0.717) is 0 Å². The molecule has 5 nitrogen and oxygen atoms in total. The molecule has 0 aliphatic heterocycles. The van der Waals surface area contributed by atoms with Crippen molar-refractivity contribution in [2.45, 2.75) is 12.4 Å². The molecule has 0 unspecified atom stereocenters. The van der Waals surface area contributed by atoms with E-state index >= 15 is 0 Å². The molecule has 0 aromatic heterocycles. The molecule has 0 amide bonds. The average molecular weight is 497 g/mol. The number of ether oxygens (including phenoxy) is 3. The Labute approximate surface area is 169 Å². The molecule has 0 atom stereocenters. The summed E-state index contributed by atoms with van der Waals surface area (Å²) >= 11 is 0. The minimum atomic E-state index is -5.31. The van der Waals surface area contributed by atoms with Crippen LogP contribution in [0.2, 0.25) is 0 Å². The average Bonchev–Trinajstić information content (AvgIpc) is 2.37. The van der Waals surface area contributed by atoms with Crippen LogP contribution in [-0.4, -0.2) is 78.2 Å². The van der Waals surface area contributed by atoms with Gasteiger partial charge in [-0.05, 0) is 0 Å². The van der Waals surface area contributed by atoms with Crippen LogP contribution < -0.4 is 0 Å². The molecule has 0 rings (SSSR count). The van der Waals surface area contributed by atoms with Crippen molar-refractivity contribution >= 4 is 5.78 Å². The van der Waals surface area contributed by atoms with Crippen LogP contribution in [-0.2, 0) is 4.74 Å². The van der Waals surface area contributed by atoms with Gasteiger partial charge in [-0.2, -0.15) is 26.3 Å². The zero-order valence-electron chi connectivity index (χ0n) is 12.2. The maximum atomic E-state index is 11.4. The van der Waals surface area contributed by atoms with Gasteiger partial charge in [-0.15, -0.1) is 0 Å². The third-order valence-corrected chi connectivity index (χ3v) is 1.77. The summed E-state index contributed by atoms with van der Waals surface area (Å²) in [6.07, 6.45) is -11.4. The SMILES string of the molecule is C[OH+]CCOCC[OH+]C.OC(=CC(=[OH+])C(F)(F)F)C(F)(F)F.[Eu]. The van der Waals surface area contributed by atoms with Gasteiger partial charge in [-0.3, -0.25) is 4.79 Å². The number of carbonyl (C=O) groups excluding carboxylic acids is 1. The Morgan fingerprint density at radius 2 is 1.39 bits per heavy atom. The largest absolute Gasteiger partial charge is 0.509 e. The first kappa shape index (κ1) is 28.1. The van der Waals surface area contributed by atoms with Crippen molar-refractivity contribution < 1.29 is 99.8 Å². The Morgan fingerprint density at radius 3 is 1.65 bits per heavy atom. The first-order valence-corrected chi connectivity index (χ1v) is 5.76. The summed E-state index contributed by atoms with van der Waals surface area (Å²) < 4.78 is 81.2. The normalized spacial score (nSPS) is 12.1. The summed E-state index contributed by atoms with van der Waals surface area (Å²) in [6, 6.07) is 0. The second-order valence-electron chi connectivity index (χ2n) is 3.60. The number of aliphatic hydroxyl groups excluding tert-OH is 1. The molecule has 0 fully saturated rings. The molecule has 4 N–H and O–H groups in total. The van der Waals surface area contributed by atoms with Gasteiger partial charge in [-0.1, -0.05) is 0 Å².